The number of piperidine rings is 1. The number of likely N-dealkylation sites (tertiary alicyclic amines) is 1. The van der Waals surface area contributed by atoms with E-state index >= 15 is 0 Å². The van der Waals surface area contributed by atoms with E-state index in [1.54, 1.807) is 24.3 Å². The van der Waals surface area contributed by atoms with Crippen molar-refractivity contribution in [3.8, 4) is 0 Å². The molecular weight excluding hydrogens is 314 g/mol. The van der Waals surface area contributed by atoms with E-state index < -0.39 is 36.6 Å². The van der Waals surface area contributed by atoms with Gasteiger partial charge in [-0.15, -0.1) is 0 Å². The summed E-state index contributed by atoms with van der Waals surface area (Å²) in [6, 6.07) is 6.52. The second kappa shape index (κ2) is 6.44. The van der Waals surface area contributed by atoms with Gasteiger partial charge in [0.05, 0.1) is 23.2 Å². The standard InChI is InChI=1S/C15H15ClF2N2O2/c1-2-13(21)20-8-10(7-15(17,18)9-20)14(22)19-12-6-4-3-5-11(12)16/h2-6,10H,1,7-9H2,(H,19,22). The fourth-order valence-corrected chi connectivity index (χ4v) is 2.55. The lowest BCUT2D eigenvalue weighted by Gasteiger charge is -2.36. The van der Waals surface area contributed by atoms with E-state index in [1.165, 1.54) is 0 Å². The number of halogens is 3. The zero-order valence-corrected chi connectivity index (χ0v) is 12.4. The summed E-state index contributed by atoms with van der Waals surface area (Å²) in [6.07, 6.45) is 0.356. The van der Waals surface area contributed by atoms with Crippen LogP contribution in [-0.4, -0.2) is 35.7 Å². The fourth-order valence-electron chi connectivity index (χ4n) is 2.37. The molecule has 0 saturated carbocycles. The molecule has 1 fully saturated rings. The number of hydrogen-bond acceptors (Lipinski definition) is 2. The average Bonchev–Trinajstić information content (AvgIpc) is 2.47. The molecule has 0 aliphatic carbocycles. The van der Waals surface area contributed by atoms with Crippen molar-refractivity contribution in [2.45, 2.75) is 12.3 Å². The molecule has 2 amide bonds. The summed E-state index contributed by atoms with van der Waals surface area (Å²) >= 11 is 5.92. The van der Waals surface area contributed by atoms with Crippen molar-refractivity contribution in [2.24, 2.45) is 5.92 Å². The minimum Gasteiger partial charge on any atom is -0.332 e. The van der Waals surface area contributed by atoms with E-state index in [4.69, 9.17) is 11.6 Å². The summed E-state index contributed by atoms with van der Waals surface area (Å²) in [5, 5.41) is 2.84. The third-order valence-corrected chi connectivity index (χ3v) is 3.73. The van der Waals surface area contributed by atoms with Gasteiger partial charge in [0.25, 0.3) is 5.92 Å². The van der Waals surface area contributed by atoms with Crippen LogP contribution in [0.5, 0.6) is 0 Å². The number of alkyl halides is 2. The topological polar surface area (TPSA) is 49.4 Å². The van der Waals surface area contributed by atoms with Crippen LogP contribution in [-0.2, 0) is 9.59 Å². The molecule has 1 aliphatic heterocycles. The molecule has 1 aliphatic rings. The molecule has 0 bridgehead atoms. The summed E-state index contributed by atoms with van der Waals surface area (Å²) in [4.78, 5) is 24.7. The van der Waals surface area contributed by atoms with Crippen molar-refractivity contribution >= 4 is 29.1 Å². The largest absolute Gasteiger partial charge is 0.332 e. The zero-order valence-electron chi connectivity index (χ0n) is 11.7. The van der Waals surface area contributed by atoms with E-state index in [0.29, 0.717) is 10.7 Å². The number of nitrogens with zero attached hydrogens (tertiary/aromatic N) is 1. The Hall–Kier alpha value is -1.95. The summed E-state index contributed by atoms with van der Waals surface area (Å²) < 4.78 is 27.5. The van der Waals surface area contributed by atoms with Crippen LogP contribution in [0.25, 0.3) is 0 Å². The molecule has 1 unspecified atom stereocenters. The molecule has 0 spiro atoms. The van der Waals surface area contributed by atoms with E-state index in [9.17, 15) is 18.4 Å². The molecule has 22 heavy (non-hydrogen) atoms. The molecule has 1 saturated heterocycles. The van der Waals surface area contributed by atoms with Crippen LogP contribution in [0.2, 0.25) is 5.02 Å². The fraction of sp³-hybridized carbons (Fsp3) is 0.333. The Labute approximate surface area is 131 Å². The maximum Gasteiger partial charge on any atom is 0.266 e. The molecule has 0 aromatic heterocycles. The molecule has 1 aromatic rings. The lowest BCUT2D eigenvalue weighted by molar-refractivity contribution is -0.145. The Balaban J connectivity index is 2.13. The van der Waals surface area contributed by atoms with Crippen LogP contribution in [0, 0.1) is 5.92 Å². The first-order chi connectivity index (χ1) is 10.3. The van der Waals surface area contributed by atoms with Gasteiger partial charge in [0, 0.05) is 13.0 Å². The zero-order chi connectivity index (χ0) is 16.3. The van der Waals surface area contributed by atoms with Crippen LogP contribution in [0.3, 0.4) is 0 Å². The Morgan fingerprint density at radius 3 is 2.73 bits per heavy atom. The van der Waals surface area contributed by atoms with Crippen LogP contribution >= 0.6 is 11.6 Å². The third-order valence-electron chi connectivity index (χ3n) is 3.40. The molecular formula is C15H15ClF2N2O2. The highest BCUT2D eigenvalue weighted by Gasteiger charge is 2.44. The number of carbonyl (C=O) groups excluding carboxylic acids is 2. The SMILES string of the molecule is C=CC(=O)N1CC(C(=O)Nc2ccccc2Cl)CC(F)(F)C1. The Morgan fingerprint density at radius 1 is 1.41 bits per heavy atom. The van der Waals surface area contributed by atoms with Crippen molar-refractivity contribution in [1.29, 1.82) is 0 Å². The Bertz CT molecular complexity index is 607. The minimum absolute atomic E-state index is 0.0727. The highest BCUT2D eigenvalue weighted by atomic mass is 35.5. The molecule has 1 atom stereocenters. The molecule has 4 nitrogen and oxygen atoms in total. The second-order valence-electron chi connectivity index (χ2n) is 5.15. The van der Waals surface area contributed by atoms with E-state index in [0.717, 1.165) is 11.0 Å². The van der Waals surface area contributed by atoms with Crippen molar-refractivity contribution < 1.29 is 18.4 Å². The lowest BCUT2D eigenvalue weighted by atomic mass is 9.94. The van der Waals surface area contributed by atoms with Gasteiger partial charge in [0.15, 0.2) is 0 Å². The number of benzene rings is 1. The van der Waals surface area contributed by atoms with E-state index in [2.05, 4.69) is 11.9 Å². The first-order valence-electron chi connectivity index (χ1n) is 6.67. The molecule has 0 radical (unpaired) electrons. The van der Waals surface area contributed by atoms with Gasteiger partial charge < -0.3 is 10.2 Å². The van der Waals surface area contributed by atoms with Gasteiger partial charge in [0.1, 0.15) is 0 Å². The minimum atomic E-state index is -3.11. The number of amides is 2. The van der Waals surface area contributed by atoms with Crippen LogP contribution in [0.1, 0.15) is 6.42 Å². The number of hydrogen-bond donors (Lipinski definition) is 1. The Kier molecular flexibility index (Phi) is 4.81. The molecule has 2 rings (SSSR count). The van der Waals surface area contributed by atoms with Crippen LogP contribution in [0.4, 0.5) is 14.5 Å². The smallest absolute Gasteiger partial charge is 0.266 e. The monoisotopic (exact) mass is 328 g/mol. The predicted molar refractivity (Wildman–Crippen MR) is 79.9 cm³/mol. The third kappa shape index (κ3) is 3.82. The van der Waals surface area contributed by atoms with Gasteiger partial charge >= 0.3 is 0 Å². The van der Waals surface area contributed by atoms with Gasteiger partial charge in [-0.25, -0.2) is 8.78 Å². The van der Waals surface area contributed by atoms with Crippen molar-refractivity contribution in [1.82, 2.24) is 4.90 Å². The van der Waals surface area contributed by atoms with Gasteiger partial charge in [-0.1, -0.05) is 30.3 Å². The van der Waals surface area contributed by atoms with Gasteiger partial charge in [0.2, 0.25) is 11.8 Å². The summed E-state index contributed by atoms with van der Waals surface area (Å²) in [7, 11) is 0. The molecule has 1 heterocycles. The molecule has 118 valence electrons. The first kappa shape index (κ1) is 16.4. The van der Waals surface area contributed by atoms with Crippen LogP contribution in [0.15, 0.2) is 36.9 Å². The maximum absolute atomic E-state index is 13.7. The van der Waals surface area contributed by atoms with Gasteiger partial charge in [-0.3, -0.25) is 9.59 Å². The Morgan fingerprint density at radius 2 is 2.09 bits per heavy atom. The molecule has 1 N–H and O–H groups in total. The first-order valence-corrected chi connectivity index (χ1v) is 7.05. The van der Waals surface area contributed by atoms with Crippen LogP contribution < -0.4 is 5.32 Å². The molecule has 7 heteroatoms. The predicted octanol–water partition coefficient (Wildman–Crippen LogP) is 2.95. The quantitative estimate of drug-likeness (QED) is 0.867. The van der Waals surface area contributed by atoms with Gasteiger partial charge in [-0.2, -0.15) is 0 Å². The maximum atomic E-state index is 13.7. The second-order valence-corrected chi connectivity index (χ2v) is 5.56. The average molecular weight is 329 g/mol. The lowest BCUT2D eigenvalue weighted by Crippen LogP contribution is -2.51. The van der Waals surface area contributed by atoms with Crippen molar-refractivity contribution in [3.63, 3.8) is 0 Å². The van der Waals surface area contributed by atoms with Crippen molar-refractivity contribution in [2.75, 3.05) is 18.4 Å². The number of anilines is 1. The molecule has 1 aromatic carbocycles. The highest BCUT2D eigenvalue weighted by molar-refractivity contribution is 6.33. The van der Waals surface area contributed by atoms with E-state index in [1.807, 2.05) is 0 Å². The summed E-state index contributed by atoms with van der Waals surface area (Å²) in [5.41, 5.74) is 0.352. The summed E-state index contributed by atoms with van der Waals surface area (Å²) in [6.45, 7) is 2.51. The highest BCUT2D eigenvalue weighted by Crippen LogP contribution is 2.32. The number of nitrogens with one attached hydrogen (secondary N) is 1. The number of rotatable bonds is 3. The number of para-hydroxylation sites is 1. The van der Waals surface area contributed by atoms with Gasteiger partial charge in [-0.05, 0) is 18.2 Å². The normalized spacial score (nSPS) is 20.3. The van der Waals surface area contributed by atoms with E-state index in [-0.39, 0.29) is 6.54 Å². The summed E-state index contributed by atoms with van der Waals surface area (Å²) in [5.74, 6) is -5.33. The van der Waals surface area contributed by atoms with Crippen molar-refractivity contribution in [3.05, 3.63) is 41.9 Å². The number of carbonyl (C=O) groups is 2.